The molecule has 1 aromatic carbocycles. The minimum absolute atomic E-state index is 0.128. The van der Waals surface area contributed by atoms with Crippen LogP contribution in [0.15, 0.2) is 42.7 Å². The number of amides is 1. The zero-order valence-corrected chi connectivity index (χ0v) is 14.3. The maximum Gasteiger partial charge on any atom is 0.251 e. The largest absolute Gasteiger partial charge is 0.350 e. The third-order valence-electron chi connectivity index (χ3n) is 3.78. The molecule has 0 bridgehead atoms. The van der Waals surface area contributed by atoms with Crippen molar-refractivity contribution in [2.24, 2.45) is 0 Å². The Bertz CT molecular complexity index is 854. The fourth-order valence-corrected chi connectivity index (χ4v) is 2.62. The van der Waals surface area contributed by atoms with E-state index in [0.29, 0.717) is 23.7 Å². The van der Waals surface area contributed by atoms with E-state index in [4.69, 9.17) is 11.6 Å². The highest BCUT2D eigenvalue weighted by atomic mass is 35.5. The number of halogens is 1. The van der Waals surface area contributed by atoms with Gasteiger partial charge in [0.1, 0.15) is 0 Å². The number of benzene rings is 1. The number of rotatable bonds is 5. The Kier molecular flexibility index (Phi) is 4.66. The van der Waals surface area contributed by atoms with Gasteiger partial charge in [0.2, 0.25) is 0 Å². The third kappa shape index (κ3) is 3.33. The van der Waals surface area contributed by atoms with Gasteiger partial charge >= 0.3 is 0 Å². The monoisotopic (exact) mass is 343 g/mol. The molecule has 0 saturated carbocycles. The predicted molar refractivity (Wildman–Crippen MR) is 92.6 cm³/mol. The van der Waals surface area contributed by atoms with Gasteiger partial charge < -0.3 is 5.32 Å². The van der Waals surface area contributed by atoms with Crippen LogP contribution in [0.25, 0.3) is 5.69 Å². The Morgan fingerprint density at radius 2 is 2.12 bits per heavy atom. The van der Waals surface area contributed by atoms with Gasteiger partial charge in [-0.15, -0.1) is 0 Å². The zero-order valence-electron chi connectivity index (χ0n) is 13.5. The van der Waals surface area contributed by atoms with Gasteiger partial charge in [0, 0.05) is 24.5 Å². The number of nitrogens with one attached hydrogen (secondary N) is 1. The smallest absolute Gasteiger partial charge is 0.251 e. The van der Waals surface area contributed by atoms with Gasteiger partial charge in [-0.1, -0.05) is 17.7 Å². The molecule has 1 amide bonds. The summed E-state index contributed by atoms with van der Waals surface area (Å²) in [6.07, 6.45) is 3.54. The number of hydrogen-bond acceptors (Lipinski definition) is 3. The molecule has 0 unspecified atom stereocenters. The van der Waals surface area contributed by atoms with Crippen molar-refractivity contribution in [2.75, 3.05) is 6.54 Å². The van der Waals surface area contributed by atoms with Crippen LogP contribution in [0.3, 0.4) is 0 Å². The predicted octanol–water partition coefficient (Wildman–Crippen LogP) is 2.77. The summed E-state index contributed by atoms with van der Waals surface area (Å²) < 4.78 is 3.52. The molecule has 0 spiro atoms. The SMILES string of the molecule is Cc1nn(CCNC(=O)c2cccc(-n3cccn3)c2)c(C)c1Cl. The van der Waals surface area contributed by atoms with Crippen LogP contribution in [0.2, 0.25) is 5.02 Å². The fourth-order valence-electron chi connectivity index (χ4n) is 2.48. The third-order valence-corrected chi connectivity index (χ3v) is 4.33. The van der Waals surface area contributed by atoms with Crippen molar-refractivity contribution in [3.63, 3.8) is 0 Å². The molecule has 3 aromatic rings. The Morgan fingerprint density at radius 3 is 2.79 bits per heavy atom. The minimum atomic E-state index is -0.128. The van der Waals surface area contributed by atoms with E-state index in [1.54, 1.807) is 21.6 Å². The van der Waals surface area contributed by atoms with E-state index in [0.717, 1.165) is 17.1 Å². The lowest BCUT2D eigenvalue weighted by molar-refractivity contribution is 0.0952. The number of hydrogen-bond donors (Lipinski definition) is 1. The van der Waals surface area contributed by atoms with E-state index in [1.165, 1.54) is 0 Å². The average molecular weight is 344 g/mol. The van der Waals surface area contributed by atoms with Crippen LogP contribution in [0, 0.1) is 13.8 Å². The van der Waals surface area contributed by atoms with E-state index in [9.17, 15) is 4.79 Å². The highest BCUT2D eigenvalue weighted by Gasteiger charge is 2.10. The normalized spacial score (nSPS) is 10.8. The van der Waals surface area contributed by atoms with Gasteiger partial charge in [0.15, 0.2) is 0 Å². The van der Waals surface area contributed by atoms with Crippen molar-refractivity contribution in [3.05, 3.63) is 64.7 Å². The van der Waals surface area contributed by atoms with Crippen molar-refractivity contribution >= 4 is 17.5 Å². The van der Waals surface area contributed by atoms with Crippen LogP contribution in [-0.4, -0.2) is 32.0 Å². The van der Waals surface area contributed by atoms with Crippen LogP contribution < -0.4 is 5.32 Å². The summed E-state index contributed by atoms with van der Waals surface area (Å²) in [6.45, 7) is 4.83. The second-order valence-corrected chi connectivity index (χ2v) is 5.84. The molecule has 2 heterocycles. The molecule has 0 fully saturated rings. The highest BCUT2D eigenvalue weighted by molar-refractivity contribution is 6.31. The summed E-state index contributed by atoms with van der Waals surface area (Å²) in [7, 11) is 0. The molecule has 3 rings (SSSR count). The Morgan fingerprint density at radius 1 is 1.29 bits per heavy atom. The second kappa shape index (κ2) is 6.88. The summed E-state index contributed by atoms with van der Waals surface area (Å²) in [4.78, 5) is 12.3. The molecular weight excluding hydrogens is 326 g/mol. The van der Waals surface area contributed by atoms with Gasteiger partial charge in [0.05, 0.1) is 28.6 Å². The molecule has 24 heavy (non-hydrogen) atoms. The van der Waals surface area contributed by atoms with Gasteiger partial charge in [-0.2, -0.15) is 10.2 Å². The molecule has 1 N–H and O–H groups in total. The number of nitrogens with zero attached hydrogens (tertiary/aromatic N) is 4. The first kappa shape index (κ1) is 16.3. The molecule has 0 atom stereocenters. The van der Waals surface area contributed by atoms with E-state index < -0.39 is 0 Å². The summed E-state index contributed by atoms with van der Waals surface area (Å²) in [5.74, 6) is -0.128. The molecule has 0 aliphatic carbocycles. The standard InChI is InChI=1S/C17H18ClN5O/c1-12-16(18)13(2)22(21-12)10-8-19-17(24)14-5-3-6-15(11-14)23-9-4-7-20-23/h3-7,9,11H,8,10H2,1-2H3,(H,19,24). The summed E-state index contributed by atoms with van der Waals surface area (Å²) in [5.41, 5.74) is 3.14. The van der Waals surface area contributed by atoms with Gasteiger partial charge in [-0.05, 0) is 38.1 Å². The van der Waals surface area contributed by atoms with E-state index in [1.807, 2.05) is 44.3 Å². The average Bonchev–Trinajstić information content (AvgIpc) is 3.21. The molecule has 7 heteroatoms. The summed E-state index contributed by atoms with van der Waals surface area (Å²) >= 11 is 6.12. The Labute approximate surface area is 145 Å². The molecule has 0 aliphatic heterocycles. The highest BCUT2D eigenvalue weighted by Crippen LogP contribution is 2.18. The number of carbonyl (C=O) groups excluding carboxylic acids is 1. The van der Waals surface area contributed by atoms with Gasteiger partial charge in [-0.25, -0.2) is 4.68 Å². The summed E-state index contributed by atoms with van der Waals surface area (Å²) in [6, 6.07) is 9.17. The Balaban J connectivity index is 1.63. The summed E-state index contributed by atoms with van der Waals surface area (Å²) in [5, 5.41) is 12.1. The first-order valence-electron chi connectivity index (χ1n) is 7.64. The Hall–Kier alpha value is -2.60. The molecule has 124 valence electrons. The lowest BCUT2D eigenvalue weighted by Gasteiger charge is -2.08. The van der Waals surface area contributed by atoms with Crippen molar-refractivity contribution in [3.8, 4) is 5.69 Å². The van der Waals surface area contributed by atoms with Crippen molar-refractivity contribution < 1.29 is 4.79 Å². The van der Waals surface area contributed by atoms with E-state index in [-0.39, 0.29) is 5.91 Å². The van der Waals surface area contributed by atoms with Crippen LogP contribution in [-0.2, 0) is 6.54 Å². The second-order valence-electron chi connectivity index (χ2n) is 5.46. The molecule has 2 aromatic heterocycles. The molecule has 0 aliphatic rings. The lowest BCUT2D eigenvalue weighted by Crippen LogP contribution is -2.27. The number of aryl methyl sites for hydroxylation is 1. The topological polar surface area (TPSA) is 64.7 Å². The first-order valence-corrected chi connectivity index (χ1v) is 8.02. The maximum absolute atomic E-state index is 12.3. The number of carbonyl (C=O) groups is 1. The van der Waals surface area contributed by atoms with E-state index in [2.05, 4.69) is 15.5 Å². The van der Waals surface area contributed by atoms with Gasteiger partial charge in [-0.3, -0.25) is 9.48 Å². The van der Waals surface area contributed by atoms with Gasteiger partial charge in [0.25, 0.3) is 5.91 Å². The van der Waals surface area contributed by atoms with Crippen molar-refractivity contribution in [2.45, 2.75) is 20.4 Å². The quantitative estimate of drug-likeness (QED) is 0.774. The molecule has 0 radical (unpaired) electrons. The zero-order chi connectivity index (χ0) is 17.1. The van der Waals surface area contributed by atoms with Crippen LogP contribution in [0.4, 0.5) is 0 Å². The van der Waals surface area contributed by atoms with Crippen LogP contribution in [0.5, 0.6) is 0 Å². The van der Waals surface area contributed by atoms with Crippen molar-refractivity contribution in [1.29, 1.82) is 0 Å². The fraction of sp³-hybridized carbons (Fsp3) is 0.235. The molecule has 6 nitrogen and oxygen atoms in total. The maximum atomic E-state index is 12.3. The lowest BCUT2D eigenvalue weighted by atomic mass is 10.2. The number of aromatic nitrogens is 4. The first-order chi connectivity index (χ1) is 11.6. The van der Waals surface area contributed by atoms with Crippen LogP contribution in [0.1, 0.15) is 21.7 Å². The molecule has 0 saturated heterocycles. The van der Waals surface area contributed by atoms with Crippen LogP contribution >= 0.6 is 11.6 Å². The minimum Gasteiger partial charge on any atom is -0.350 e. The molecular formula is C17H18ClN5O. The van der Waals surface area contributed by atoms with E-state index >= 15 is 0 Å². The van der Waals surface area contributed by atoms with Crippen molar-refractivity contribution in [1.82, 2.24) is 24.9 Å².